The smallest absolute Gasteiger partial charge is 0.0811 e. The molecule has 0 amide bonds. The van der Waals surface area contributed by atoms with Gasteiger partial charge in [-0.15, -0.1) is 0 Å². The van der Waals surface area contributed by atoms with Crippen molar-refractivity contribution in [3.63, 3.8) is 0 Å². The highest BCUT2D eigenvalue weighted by atomic mass is 16.5. The van der Waals surface area contributed by atoms with Crippen LogP contribution in [0.15, 0.2) is 0 Å². The fraction of sp³-hybridized carbons (Fsp3) is 1.00. The number of hydrogen-bond donors (Lipinski definition) is 0. The summed E-state index contributed by atoms with van der Waals surface area (Å²) in [6, 6.07) is 0.668. The Morgan fingerprint density at radius 1 is 1.38 bits per heavy atom. The lowest BCUT2D eigenvalue weighted by Gasteiger charge is -2.27. The number of rotatable bonds is 1. The van der Waals surface area contributed by atoms with Gasteiger partial charge < -0.3 is 4.74 Å². The number of nitrogens with zero attached hydrogens (tertiary/aromatic N) is 1. The first-order valence-corrected chi connectivity index (χ1v) is 5.49. The lowest BCUT2D eigenvalue weighted by Crippen LogP contribution is -2.38. The van der Waals surface area contributed by atoms with Crippen molar-refractivity contribution in [1.29, 1.82) is 0 Å². The van der Waals surface area contributed by atoms with Gasteiger partial charge in [-0.3, -0.25) is 4.90 Å². The highest BCUT2D eigenvalue weighted by Crippen LogP contribution is 2.42. The summed E-state index contributed by atoms with van der Waals surface area (Å²) in [4.78, 5) is 2.57. The maximum atomic E-state index is 5.95. The average Bonchev–Trinajstić information content (AvgIpc) is 2.82. The fourth-order valence-electron chi connectivity index (χ4n) is 2.09. The molecule has 0 bridgehead atoms. The molecule has 0 aromatic heterocycles. The van der Waals surface area contributed by atoms with E-state index in [-0.39, 0.29) is 5.60 Å². The third-order valence-electron chi connectivity index (χ3n) is 3.25. The van der Waals surface area contributed by atoms with Crippen molar-refractivity contribution in [2.45, 2.75) is 45.3 Å². The lowest BCUT2D eigenvalue weighted by atomic mass is 10.1. The van der Waals surface area contributed by atoms with Crippen LogP contribution < -0.4 is 0 Å². The van der Waals surface area contributed by atoms with E-state index in [1.807, 2.05) is 0 Å². The van der Waals surface area contributed by atoms with Gasteiger partial charge in [-0.25, -0.2) is 0 Å². The first-order valence-electron chi connectivity index (χ1n) is 5.49. The minimum atomic E-state index is 0.273. The van der Waals surface area contributed by atoms with E-state index in [2.05, 4.69) is 25.7 Å². The van der Waals surface area contributed by atoms with E-state index in [4.69, 9.17) is 4.74 Å². The van der Waals surface area contributed by atoms with Crippen molar-refractivity contribution in [2.75, 3.05) is 19.7 Å². The summed E-state index contributed by atoms with van der Waals surface area (Å²) in [5.41, 5.74) is 0.273. The standard InChI is InChI=1S/C11H21NO/c1-9(2)12-6-10(3)7-13-11(8-12)4-5-11/h9-10H,4-8H2,1-3H3. The summed E-state index contributed by atoms with van der Waals surface area (Å²) in [5.74, 6) is 0.697. The SMILES string of the molecule is CC1COC2(CC2)CN(C(C)C)C1. The van der Waals surface area contributed by atoms with E-state index < -0.39 is 0 Å². The molecular formula is C11H21NO. The molecule has 1 aliphatic carbocycles. The summed E-state index contributed by atoms with van der Waals surface area (Å²) >= 11 is 0. The van der Waals surface area contributed by atoms with Gasteiger partial charge in [0.05, 0.1) is 12.2 Å². The first kappa shape index (κ1) is 9.47. The molecule has 2 fully saturated rings. The maximum absolute atomic E-state index is 5.95. The predicted octanol–water partition coefficient (Wildman–Crippen LogP) is 1.90. The van der Waals surface area contributed by atoms with Crippen LogP contribution in [0, 0.1) is 5.92 Å². The quantitative estimate of drug-likeness (QED) is 0.615. The second-order valence-corrected chi connectivity index (χ2v) is 5.12. The Kier molecular flexibility index (Phi) is 2.37. The van der Waals surface area contributed by atoms with E-state index in [1.54, 1.807) is 0 Å². The van der Waals surface area contributed by atoms with E-state index in [0.29, 0.717) is 12.0 Å². The third kappa shape index (κ3) is 2.05. The van der Waals surface area contributed by atoms with Gasteiger partial charge in [0, 0.05) is 19.1 Å². The van der Waals surface area contributed by atoms with E-state index in [1.165, 1.54) is 19.4 Å². The van der Waals surface area contributed by atoms with Gasteiger partial charge in [-0.05, 0) is 32.6 Å². The Labute approximate surface area is 81.3 Å². The minimum Gasteiger partial charge on any atom is -0.373 e. The largest absolute Gasteiger partial charge is 0.373 e. The van der Waals surface area contributed by atoms with Crippen LogP contribution in [-0.4, -0.2) is 36.2 Å². The molecule has 2 nitrogen and oxygen atoms in total. The topological polar surface area (TPSA) is 12.5 Å². The summed E-state index contributed by atoms with van der Waals surface area (Å²) in [7, 11) is 0. The van der Waals surface area contributed by atoms with Crippen molar-refractivity contribution in [3.05, 3.63) is 0 Å². The van der Waals surface area contributed by atoms with Crippen molar-refractivity contribution >= 4 is 0 Å². The van der Waals surface area contributed by atoms with Gasteiger partial charge in [0.2, 0.25) is 0 Å². The molecule has 0 aromatic carbocycles. The first-order chi connectivity index (χ1) is 6.11. The Balaban J connectivity index is 2.01. The summed E-state index contributed by atoms with van der Waals surface area (Å²) < 4.78 is 5.95. The molecule has 1 saturated carbocycles. The van der Waals surface area contributed by atoms with Gasteiger partial charge in [0.1, 0.15) is 0 Å². The Morgan fingerprint density at radius 2 is 2.08 bits per heavy atom. The third-order valence-corrected chi connectivity index (χ3v) is 3.25. The van der Waals surface area contributed by atoms with Crippen molar-refractivity contribution < 1.29 is 4.74 Å². The zero-order valence-corrected chi connectivity index (χ0v) is 9.05. The Bertz CT molecular complexity index is 187. The number of hydrogen-bond acceptors (Lipinski definition) is 2. The summed E-state index contributed by atoms with van der Waals surface area (Å²) in [5, 5.41) is 0. The highest BCUT2D eigenvalue weighted by molar-refractivity contribution is 5.00. The minimum absolute atomic E-state index is 0.273. The predicted molar refractivity (Wildman–Crippen MR) is 53.8 cm³/mol. The highest BCUT2D eigenvalue weighted by Gasteiger charge is 2.47. The monoisotopic (exact) mass is 183 g/mol. The van der Waals surface area contributed by atoms with Crippen LogP contribution in [0.3, 0.4) is 0 Å². The summed E-state index contributed by atoms with van der Waals surface area (Å²) in [6.07, 6.45) is 2.56. The van der Waals surface area contributed by atoms with E-state index in [9.17, 15) is 0 Å². The molecule has 13 heavy (non-hydrogen) atoms. The van der Waals surface area contributed by atoms with Crippen LogP contribution in [-0.2, 0) is 4.74 Å². The van der Waals surface area contributed by atoms with Crippen LogP contribution in [0.1, 0.15) is 33.6 Å². The van der Waals surface area contributed by atoms with Gasteiger partial charge in [0.25, 0.3) is 0 Å². The van der Waals surface area contributed by atoms with Gasteiger partial charge in [-0.1, -0.05) is 6.92 Å². The maximum Gasteiger partial charge on any atom is 0.0811 e. The van der Waals surface area contributed by atoms with Crippen LogP contribution in [0.2, 0.25) is 0 Å². The summed E-state index contributed by atoms with van der Waals surface area (Å²) in [6.45, 7) is 10.2. The zero-order chi connectivity index (χ0) is 9.47. The lowest BCUT2D eigenvalue weighted by molar-refractivity contribution is 0.0223. The molecule has 0 aromatic rings. The molecule has 1 saturated heterocycles. The molecule has 0 radical (unpaired) electrons. The van der Waals surface area contributed by atoms with Gasteiger partial charge in [0.15, 0.2) is 0 Å². The molecule has 1 unspecified atom stereocenters. The Hall–Kier alpha value is -0.0800. The molecule has 0 N–H and O–H groups in total. The zero-order valence-electron chi connectivity index (χ0n) is 9.05. The molecule has 2 aliphatic rings. The second-order valence-electron chi connectivity index (χ2n) is 5.12. The second kappa shape index (κ2) is 3.25. The molecule has 1 heterocycles. The van der Waals surface area contributed by atoms with Gasteiger partial charge in [-0.2, -0.15) is 0 Å². The van der Waals surface area contributed by atoms with Crippen LogP contribution >= 0.6 is 0 Å². The van der Waals surface area contributed by atoms with Crippen LogP contribution in [0.25, 0.3) is 0 Å². The Morgan fingerprint density at radius 3 is 2.62 bits per heavy atom. The normalized spacial score (nSPS) is 33.7. The molecule has 76 valence electrons. The van der Waals surface area contributed by atoms with Crippen molar-refractivity contribution in [2.24, 2.45) is 5.92 Å². The van der Waals surface area contributed by atoms with Gasteiger partial charge >= 0.3 is 0 Å². The number of ether oxygens (including phenoxy) is 1. The molecular weight excluding hydrogens is 162 g/mol. The molecule has 2 rings (SSSR count). The molecule has 1 aliphatic heterocycles. The average molecular weight is 183 g/mol. The van der Waals surface area contributed by atoms with Crippen molar-refractivity contribution in [3.8, 4) is 0 Å². The fourth-order valence-corrected chi connectivity index (χ4v) is 2.09. The molecule has 1 spiro atoms. The van der Waals surface area contributed by atoms with E-state index in [0.717, 1.165) is 13.2 Å². The molecule has 2 heteroatoms. The van der Waals surface area contributed by atoms with Crippen LogP contribution in [0.5, 0.6) is 0 Å². The van der Waals surface area contributed by atoms with E-state index >= 15 is 0 Å². The van der Waals surface area contributed by atoms with Crippen LogP contribution in [0.4, 0.5) is 0 Å². The van der Waals surface area contributed by atoms with Crippen molar-refractivity contribution in [1.82, 2.24) is 4.90 Å². The molecule has 1 atom stereocenters.